The quantitative estimate of drug-likeness (QED) is 0.107. The van der Waals surface area contributed by atoms with Gasteiger partial charge in [-0.3, -0.25) is 14.4 Å². The van der Waals surface area contributed by atoms with Crippen LogP contribution in [0, 0.1) is 20.8 Å². The van der Waals surface area contributed by atoms with E-state index in [1.165, 1.54) is 11.8 Å². The molecule has 46 heavy (non-hydrogen) atoms. The van der Waals surface area contributed by atoms with E-state index in [4.69, 9.17) is 0 Å². The molecule has 6 nitrogen and oxygen atoms in total. The first kappa shape index (κ1) is 32.0. The highest BCUT2D eigenvalue weighted by Gasteiger charge is 2.23. The highest BCUT2D eigenvalue weighted by Crippen LogP contribution is 2.37. The van der Waals surface area contributed by atoms with Gasteiger partial charge in [-0.2, -0.15) is 0 Å². The molecule has 0 saturated heterocycles. The Morgan fingerprint density at radius 3 is 2.09 bits per heavy atom. The van der Waals surface area contributed by atoms with Gasteiger partial charge in [0.15, 0.2) is 0 Å². The molecule has 7 heteroatoms. The zero-order valence-electron chi connectivity index (χ0n) is 25.9. The zero-order valence-corrected chi connectivity index (χ0v) is 26.7. The van der Waals surface area contributed by atoms with Crippen LogP contribution in [0.5, 0.6) is 0 Å². The summed E-state index contributed by atoms with van der Waals surface area (Å²) in [5.41, 5.74) is 6.59. The molecule has 0 heterocycles. The van der Waals surface area contributed by atoms with E-state index >= 15 is 0 Å². The molecule has 3 amide bonds. The third-order valence-corrected chi connectivity index (χ3v) is 8.59. The Bertz CT molecular complexity index is 1890. The second-order valence-corrected chi connectivity index (χ2v) is 12.1. The Labute approximate surface area is 274 Å². The van der Waals surface area contributed by atoms with Gasteiger partial charge in [0.1, 0.15) is 10.9 Å². The van der Waals surface area contributed by atoms with Gasteiger partial charge in [-0.25, -0.2) is 0 Å². The summed E-state index contributed by atoms with van der Waals surface area (Å²) in [6.45, 7) is 5.94. The summed E-state index contributed by atoms with van der Waals surface area (Å²) in [6.07, 6.45) is 1.67. The lowest BCUT2D eigenvalue weighted by Gasteiger charge is -2.19. The van der Waals surface area contributed by atoms with E-state index < -0.39 is 11.2 Å². The molecule has 0 aliphatic carbocycles. The Balaban J connectivity index is 1.38. The molecule has 230 valence electrons. The fourth-order valence-corrected chi connectivity index (χ4v) is 5.96. The maximum Gasteiger partial charge on any atom is 0.272 e. The van der Waals surface area contributed by atoms with Gasteiger partial charge in [-0.1, -0.05) is 96.6 Å². The van der Waals surface area contributed by atoms with Crippen LogP contribution in [0.3, 0.4) is 0 Å². The Hall–Kier alpha value is -5.40. The molecule has 5 aromatic carbocycles. The monoisotopic (exact) mass is 625 g/mol. The maximum atomic E-state index is 13.7. The highest BCUT2D eigenvalue weighted by molar-refractivity contribution is 8.00. The van der Waals surface area contributed by atoms with Crippen LogP contribution in [0.1, 0.15) is 43.4 Å². The molecule has 1 atom stereocenters. The maximum absolute atomic E-state index is 13.7. The van der Waals surface area contributed by atoms with Crippen LogP contribution in [0.4, 0.5) is 11.4 Å². The number of anilines is 2. The number of thioether (sulfide) groups is 1. The summed E-state index contributed by atoms with van der Waals surface area (Å²) in [7, 11) is 0. The molecule has 0 fully saturated rings. The normalized spacial score (nSPS) is 11.8. The molecule has 3 N–H and O–H groups in total. The van der Waals surface area contributed by atoms with Crippen LogP contribution in [0.15, 0.2) is 138 Å². The fourth-order valence-electron chi connectivity index (χ4n) is 4.88. The van der Waals surface area contributed by atoms with Gasteiger partial charge in [-0.05, 0) is 85.5 Å². The van der Waals surface area contributed by atoms with Crippen LogP contribution >= 0.6 is 11.8 Å². The van der Waals surface area contributed by atoms with E-state index in [1.807, 2.05) is 118 Å². The van der Waals surface area contributed by atoms with Crippen LogP contribution in [-0.2, 0) is 9.59 Å². The minimum atomic E-state index is -0.547. The minimum Gasteiger partial charge on any atom is -0.325 e. The third-order valence-electron chi connectivity index (χ3n) is 7.34. The minimum absolute atomic E-state index is 0.108. The molecule has 0 aromatic heterocycles. The molecule has 0 aliphatic rings. The van der Waals surface area contributed by atoms with E-state index in [0.717, 1.165) is 38.4 Å². The summed E-state index contributed by atoms with van der Waals surface area (Å²) < 4.78 is 0. The molecule has 0 saturated carbocycles. The van der Waals surface area contributed by atoms with Crippen molar-refractivity contribution >= 4 is 46.9 Å². The van der Waals surface area contributed by atoms with Gasteiger partial charge in [0.2, 0.25) is 5.91 Å². The zero-order chi connectivity index (χ0) is 32.5. The highest BCUT2D eigenvalue weighted by atomic mass is 32.2. The molecular weight excluding hydrogens is 591 g/mol. The number of hydrogen-bond acceptors (Lipinski definition) is 4. The van der Waals surface area contributed by atoms with Crippen LogP contribution in [-0.4, -0.2) is 17.7 Å². The number of amides is 3. The van der Waals surface area contributed by atoms with Gasteiger partial charge < -0.3 is 16.0 Å². The summed E-state index contributed by atoms with van der Waals surface area (Å²) in [4.78, 5) is 41.2. The van der Waals surface area contributed by atoms with E-state index in [9.17, 15) is 14.4 Å². The number of carbonyl (C=O) groups is 3. The van der Waals surface area contributed by atoms with Crippen molar-refractivity contribution in [2.24, 2.45) is 0 Å². The Morgan fingerprint density at radius 1 is 0.674 bits per heavy atom. The van der Waals surface area contributed by atoms with E-state index in [1.54, 1.807) is 36.4 Å². The smallest absolute Gasteiger partial charge is 0.272 e. The van der Waals surface area contributed by atoms with Gasteiger partial charge in [-0.15, -0.1) is 11.8 Å². The fraction of sp³-hybridized carbons (Fsp3) is 0.103. The summed E-state index contributed by atoms with van der Waals surface area (Å²) in [5.74, 6) is -1.01. The van der Waals surface area contributed by atoms with Gasteiger partial charge in [0.05, 0.1) is 0 Å². The average molecular weight is 626 g/mol. The van der Waals surface area contributed by atoms with Crippen molar-refractivity contribution in [2.45, 2.75) is 30.9 Å². The lowest BCUT2D eigenvalue weighted by molar-refractivity contribution is -0.116. The molecule has 5 rings (SSSR count). The van der Waals surface area contributed by atoms with Crippen LogP contribution in [0.25, 0.3) is 6.08 Å². The average Bonchev–Trinajstić information content (AvgIpc) is 3.06. The SMILES string of the molecule is Cc1ccc(NC(=O)C(Sc2cccc(NC(=O)/C(=C/c3ccccc3C)NC(=O)c3ccccc3)c2)c2ccccc2)c(C)c1. The summed E-state index contributed by atoms with van der Waals surface area (Å²) in [5, 5.41) is 8.29. The number of benzene rings is 5. The second kappa shape index (κ2) is 15.1. The van der Waals surface area contributed by atoms with Gasteiger partial charge in [0.25, 0.3) is 11.8 Å². The number of rotatable bonds is 10. The predicted molar refractivity (Wildman–Crippen MR) is 188 cm³/mol. The first-order valence-corrected chi connectivity index (χ1v) is 15.8. The van der Waals surface area contributed by atoms with E-state index in [0.29, 0.717) is 11.3 Å². The van der Waals surface area contributed by atoms with Crippen molar-refractivity contribution in [1.29, 1.82) is 0 Å². The van der Waals surface area contributed by atoms with Gasteiger partial charge >= 0.3 is 0 Å². The molecule has 0 radical (unpaired) electrons. The van der Waals surface area contributed by atoms with Crippen molar-refractivity contribution in [3.63, 3.8) is 0 Å². The second-order valence-electron chi connectivity index (χ2n) is 10.9. The number of hydrogen-bond donors (Lipinski definition) is 3. The van der Waals surface area contributed by atoms with Crippen molar-refractivity contribution in [3.05, 3.63) is 166 Å². The Kier molecular flexibility index (Phi) is 10.5. The standard InChI is InChI=1S/C39H35N3O3S/c1-26-21-22-34(28(3)23-26)41-39(45)36(29-14-6-4-7-15-29)46-33-20-12-19-32(25-33)40-38(44)35(24-31-18-11-10-13-27(31)2)42-37(43)30-16-8-5-9-17-30/h4-25,36H,1-3H3,(H,40,44)(H,41,45)(H,42,43)/b35-24-. The summed E-state index contributed by atoms with van der Waals surface area (Å²) >= 11 is 1.39. The van der Waals surface area contributed by atoms with Crippen molar-refractivity contribution in [2.75, 3.05) is 10.6 Å². The molecule has 5 aromatic rings. The lowest BCUT2D eigenvalue weighted by Crippen LogP contribution is -2.30. The largest absolute Gasteiger partial charge is 0.325 e. The van der Waals surface area contributed by atoms with Crippen molar-refractivity contribution in [1.82, 2.24) is 5.32 Å². The molecule has 1 unspecified atom stereocenters. The number of carbonyl (C=O) groups excluding carboxylic acids is 3. The molecule has 0 aliphatic heterocycles. The van der Waals surface area contributed by atoms with Gasteiger partial charge in [0, 0.05) is 21.8 Å². The first-order chi connectivity index (χ1) is 22.3. The van der Waals surface area contributed by atoms with E-state index in [2.05, 4.69) is 16.0 Å². The van der Waals surface area contributed by atoms with Crippen molar-refractivity contribution < 1.29 is 14.4 Å². The Morgan fingerprint density at radius 2 is 1.37 bits per heavy atom. The third kappa shape index (κ3) is 8.40. The van der Waals surface area contributed by atoms with E-state index in [-0.39, 0.29) is 17.5 Å². The predicted octanol–water partition coefficient (Wildman–Crippen LogP) is 8.49. The van der Waals surface area contributed by atoms with Crippen LogP contribution in [0.2, 0.25) is 0 Å². The lowest BCUT2D eigenvalue weighted by atomic mass is 10.1. The molecular formula is C39H35N3O3S. The molecule has 0 bridgehead atoms. The summed E-state index contributed by atoms with van der Waals surface area (Å²) in [6, 6.07) is 39.3. The topological polar surface area (TPSA) is 87.3 Å². The van der Waals surface area contributed by atoms with Crippen LogP contribution < -0.4 is 16.0 Å². The molecule has 0 spiro atoms. The number of aryl methyl sites for hydroxylation is 3. The van der Waals surface area contributed by atoms with Crippen molar-refractivity contribution in [3.8, 4) is 0 Å². The number of nitrogens with one attached hydrogen (secondary N) is 3. The first-order valence-electron chi connectivity index (χ1n) is 14.9.